The van der Waals surface area contributed by atoms with Crippen LogP contribution in [0, 0.1) is 12.7 Å². The van der Waals surface area contributed by atoms with E-state index in [-0.39, 0.29) is 40.5 Å². The van der Waals surface area contributed by atoms with Gasteiger partial charge >= 0.3 is 12.4 Å². The number of alkyl halides is 3. The van der Waals surface area contributed by atoms with E-state index >= 15 is 4.39 Å². The number of urea groups is 1. The maximum Gasteiger partial charge on any atom is 0.573 e. The van der Waals surface area contributed by atoms with Crippen LogP contribution in [0.25, 0.3) is 17.1 Å². The van der Waals surface area contributed by atoms with Gasteiger partial charge in [0.25, 0.3) is 0 Å². The van der Waals surface area contributed by atoms with E-state index in [9.17, 15) is 22.8 Å². The number of nitrogens with zero attached hydrogens (tertiary/aromatic N) is 5. The number of carbonyl (C=O) groups is 2. The molecule has 10 nitrogen and oxygen atoms in total. The molecule has 4 aromatic carbocycles. The van der Waals surface area contributed by atoms with Crippen LogP contribution < -0.4 is 15.0 Å². The number of hydrogen-bond donors (Lipinski definition) is 1. The first-order chi connectivity index (χ1) is 23.5. The normalized spacial score (nSPS) is 14.0. The van der Waals surface area contributed by atoms with E-state index in [1.807, 2.05) is 55.5 Å². The van der Waals surface area contributed by atoms with Gasteiger partial charge in [-0.3, -0.25) is 9.69 Å². The van der Waals surface area contributed by atoms with Gasteiger partial charge < -0.3 is 14.8 Å². The van der Waals surface area contributed by atoms with Gasteiger partial charge in [-0.2, -0.15) is 4.99 Å². The lowest BCUT2D eigenvalue weighted by molar-refractivity contribution is -0.274. The summed E-state index contributed by atoms with van der Waals surface area (Å²) in [6, 6.07) is 23.3. The molecular weight excluding hydrogens is 664 g/mol. The summed E-state index contributed by atoms with van der Waals surface area (Å²) in [6.45, 7) is 2.48. The minimum Gasteiger partial charge on any atom is -0.406 e. The number of halogens is 4. The number of aryl methyl sites for hydroxylation is 1. The Labute approximate surface area is 281 Å². The molecule has 0 spiro atoms. The van der Waals surface area contributed by atoms with Crippen molar-refractivity contribution in [3.05, 3.63) is 120 Å². The van der Waals surface area contributed by atoms with Gasteiger partial charge in [-0.05, 0) is 66.6 Å². The van der Waals surface area contributed by atoms with Crippen molar-refractivity contribution in [2.45, 2.75) is 26.5 Å². The zero-order valence-corrected chi connectivity index (χ0v) is 26.5. The highest BCUT2D eigenvalue weighted by Crippen LogP contribution is 2.32. The molecule has 250 valence electrons. The molecule has 49 heavy (non-hydrogen) atoms. The quantitative estimate of drug-likeness (QED) is 0.158. The molecule has 1 aliphatic heterocycles. The molecule has 3 amide bonds. The van der Waals surface area contributed by atoms with Crippen LogP contribution in [0.2, 0.25) is 0 Å². The largest absolute Gasteiger partial charge is 0.573 e. The van der Waals surface area contributed by atoms with E-state index in [1.54, 1.807) is 0 Å². The number of thioether (sulfide) groups is 1. The second-order valence-electron chi connectivity index (χ2n) is 10.7. The fourth-order valence-corrected chi connectivity index (χ4v) is 5.70. The molecule has 5 aromatic rings. The Kier molecular flexibility index (Phi) is 9.73. The van der Waals surface area contributed by atoms with Crippen LogP contribution in [0.15, 0.2) is 102 Å². The van der Waals surface area contributed by atoms with Crippen molar-refractivity contribution in [1.82, 2.24) is 14.8 Å². The number of aromatic nitrogens is 3. The molecule has 0 unspecified atom stereocenters. The summed E-state index contributed by atoms with van der Waals surface area (Å²) in [6.07, 6.45) is -3.50. The Bertz CT molecular complexity index is 2020. The van der Waals surface area contributed by atoms with Crippen LogP contribution in [-0.4, -0.2) is 44.0 Å². The number of aliphatic imine (C=N–C) groups is 1. The van der Waals surface area contributed by atoms with Crippen LogP contribution >= 0.6 is 11.8 Å². The van der Waals surface area contributed by atoms with E-state index in [0.717, 1.165) is 46.7 Å². The molecule has 15 heteroatoms. The molecule has 1 saturated heterocycles. The average molecular weight is 691 g/mol. The SMILES string of the molecule is Cc1ccc(COCc2ccccc2)c(N2C(=O)CSC2=NC(=O)Nc2ccc(-c3ncn(-c4ccc(OC(F)(F)F)cc4)n3)cc2F)c1. The molecule has 0 saturated carbocycles. The summed E-state index contributed by atoms with van der Waals surface area (Å²) in [5, 5.41) is 6.82. The summed E-state index contributed by atoms with van der Waals surface area (Å²) in [5.41, 5.74) is 3.68. The van der Waals surface area contributed by atoms with Gasteiger partial charge in [0.1, 0.15) is 17.9 Å². The third-order valence-corrected chi connectivity index (χ3v) is 8.03. The van der Waals surface area contributed by atoms with Crippen LogP contribution in [-0.2, 0) is 22.7 Å². The zero-order chi connectivity index (χ0) is 34.5. The monoisotopic (exact) mass is 690 g/mol. The molecule has 1 N–H and O–H groups in total. The first-order valence-electron chi connectivity index (χ1n) is 14.7. The lowest BCUT2D eigenvalue weighted by Gasteiger charge is -2.20. The van der Waals surface area contributed by atoms with Gasteiger partial charge in [-0.15, -0.1) is 18.3 Å². The summed E-state index contributed by atoms with van der Waals surface area (Å²) in [4.78, 5) is 35.6. The highest BCUT2D eigenvalue weighted by Gasteiger charge is 2.33. The van der Waals surface area contributed by atoms with Crippen LogP contribution in [0.4, 0.5) is 33.7 Å². The third-order valence-electron chi connectivity index (χ3n) is 7.11. The highest BCUT2D eigenvalue weighted by atomic mass is 32.2. The van der Waals surface area contributed by atoms with Gasteiger partial charge in [0.15, 0.2) is 11.0 Å². The van der Waals surface area contributed by atoms with Crippen molar-refractivity contribution >= 4 is 40.2 Å². The Morgan fingerprint density at radius 1 is 1.00 bits per heavy atom. The maximum atomic E-state index is 15.1. The number of ether oxygens (including phenoxy) is 2. The zero-order valence-electron chi connectivity index (χ0n) is 25.6. The Balaban J connectivity index is 1.14. The third kappa shape index (κ3) is 8.31. The van der Waals surface area contributed by atoms with E-state index in [2.05, 4.69) is 25.1 Å². The molecule has 0 aliphatic carbocycles. The molecule has 6 rings (SSSR count). The second kappa shape index (κ2) is 14.3. The number of nitrogens with one attached hydrogen (secondary N) is 1. The molecule has 0 bridgehead atoms. The standard InChI is InChI=1S/C34H26F4N6O4S/c1-21-7-8-24(18-47-17-22-5-3-2-4-6-22)29(15-21)44-30(45)19-49-33(44)41-32(46)40-28-14-9-23(16-27(28)35)31-39-20-43(42-31)25-10-12-26(13-11-25)48-34(36,37)38/h2-16,20H,17-19H2,1H3,(H,40,46). The Hall–Kier alpha value is -5.54. The van der Waals surface area contributed by atoms with Gasteiger partial charge in [0.2, 0.25) is 5.91 Å². The first-order valence-corrected chi connectivity index (χ1v) is 15.7. The predicted octanol–water partition coefficient (Wildman–Crippen LogP) is 7.67. The van der Waals surface area contributed by atoms with Gasteiger partial charge in [-0.1, -0.05) is 54.2 Å². The number of anilines is 2. The minimum atomic E-state index is -4.82. The van der Waals surface area contributed by atoms with Gasteiger partial charge in [0, 0.05) is 11.1 Å². The van der Waals surface area contributed by atoms with Crippen LogP contribution in [0.5, 0.6) is 5.75 Å². The van der Waals surface area contributed by atoms with E-state index < -0.39 is 24.0 Å². The highest BCUT2D eigenvalue weighted by molar-refractivity contribution is 8.15. The van der Waals surface area contributed by atoms with Crippen molar-refractivity contribution in [3.63, 3.8) is 0 Å². The second-order valence-corrected chi connectivity index (χ2v) is 11.6. The molecule has 1 aliphatic rings. The Morgan fingerprint density at radius 2 is 1.78 bits per heavy atom. The lowest BCUT2D eigenvalue weighted by Crippen LogP contribution is -2.31. The molecular formula is C34H26F4N6O4S. The molecule has 0 atom stereocenters. The fraction of sp³-hybridized carbons (Fsp3) is 0.147. The molecule has 0 radical (unpaired) electrons. The van der Waals surface area contributed by atoms with Gasteiger partial charge in [0.05, 0.1) is 36.0 Å². The maximum absolute atomic E-state index is 15.1. The number of carbonyl (C=O) groups excluding carboxylic acids is 2. The number of amides is 3. The van der Waals surface area contributed by atoms with Crippen molar-refractivity contribution in [1.29, 1.82) is 0 Å². The molecule has 2 heterocycles. The van der Waals surface area contributed by atoms with E-state index in [1.165, 1.54) is 40.2 Å². The van der Waals surface area contributed by atoms with E-state index in [4.69, 9.17) is 4.74 Å². The lowest BCUT2D eigenvalue weighted by atomic mass is 10.1. The molecule has 1 fully saturated rings. The summed E-state index contributed by atoms with van der Waals surface area (Å²) in [7, 11) is 0. The van der Waals surface area contributed by atoms with E-state index in [0.29, 0.717) is 18.0 Å². The first kappa shape index (κ1) is 33.4. The summed E-state index contributed by atoms with van der Waals surface area (Å²) in [5.74, 6) is -1.25. The van der Waals surface area contributed by atoms with Crippen LogP contribution in [0.3, 0.4) is 0 Å². The van der Waals surface area contributed by atoms with Gasteiger partial charge in [-0.25, -0.2) is 18.9 Å². The number of amidine groups is 1. The van der Waals surface area contributed by atoms with Crippen molar-refractivity contribution < 1.29 is 36.6 Å². The predicted molar refractivity (Wildman–Crippen MR) is 176 cm³/mol. The van der Waals surface area contributed by atoms with Crippen LogP contribution in [0.1, 0.15) is 16.7 Å². The minimum absolute atomic E-state index is 0.0680. The smallest absolute Gasteiger partial charge is 0.406 e. The fourth-order valence-electron chi connectivity index (χ4n) is 4.84. The van der Waals surface area contributed by atoms with Crippen molar-refractivity contribution in [3.8, 4) is 22.8 Å². The summed E-state index contributed by atoms with van der Waals surface area (Å²) < 4.78 is 63.6. The number of rotatable bonds is 9. The topological polar surface area (TPSA) is 111 Å². The Morgan fingerprint density at radius 3 is 2.51 bits per heavy atom. The number of benzene rings is 4. The average Bonchev–Trinajstić information content (AvgIpc) is 3.70. The number of hydrogen-bond acceptors (Lipinski definition) is 7. The molecule has 1 aromatic heterocycles. The van der Waals surface area contributed by atoms with Crippen molar-refractivity contribution in [2.24, 2.45) is 4.99 Å². The van der Waals surface area contributed by atoms with Crippen molar-refractivity contribution in [2.75, 3.05) is 16.0 Å². The summed E-state index contributed by atoms with van der Waals surface area (Å²) >= 11 is 1.09.